The molecular formula is C17H19FN4O5S2. The van der Waals surface area contributed by atoms with Gasteiger partial charge in [-0.05, 0) is 24.6 Å². The Hall–Kier alpha value is -2.44. The molecule has 0 radical (unpaired) electrons. The van der Waals surface area contributed by atoms with Crippen molar-refractivity contribution < 1.29 is 27.5 Å². The second-order valence-corrected chi connectivity index (χ2v) is 8.46. The van der Waals surface area contributed by atoms with Crippen molar-refractivity contribution in [1.29, 1.82) is 0 Å². The van der Waals surface area contributed by atoms with Gasteiger partial charge in [-0.1, -0.05) is 11.3 Å². The van der Waals surface area contributed by atoms with E-state index in [-0.39, 0.29) is 30.3 Å². The second-order valence-electron chi connectivity index (χ2n) is 6.35. The van der Waals surface area contributed by atoms with Gasteiger partial charge in [0.15, 0.2) is 16.1 Å². The van der Waals surface area contributed by atoms with Gasteiger partial charge in [-0.2, -0.15) is 0 Å². The molecule has 2 heterocycles. The first-order chi connectivity index (χ1) is 13.8. The van der Waals surface area contributed by atoms with Gasteiger partial charge in [0, 0.05) is 24.7 Å². The summed E-state index contributed by atoms with van der Waals surface area (Å²) >= 11 is -0.640. The van der Waals surface area contributed by atoms with Crippen molar-refractivity contribution in [2.24, 2.45) is 0 Å². The van der Waals surface area contributed by atoms with E-state index < -0.39 is 29.1 Å². The normalized spacial score (nSPS) is 17.3. The van der Waals surface area contributed by atoms with Gasteiger partial charge in [0.25, 0.3) is 0 Å². The Kier molecular flexibility index (Phi) is 6.87. The van der Waals surface area contributed by atoms with Crippen LogP contribution < -0.4 is 10.2 Å². The van der Waals surface area contributed by atoms with Crippen LogP contribution in [0.4, 0.5) is 14.9 Å². The monoisotopic (exact) mass is 442 g/mol. The van der Waals surface area contributed by atoms with Crippen LogP contribution in [0.5, 0.6) is 0 Å². The maximum atomic E-state index is 14.7. The molecule has 156 valence electrons. The maximum Gasteiger partial charge on any atom is 0.414 e. The molecule has 1 saturated heterocycles. The van der Waals surface area contributed by atoms with Crippen LogP contribution in [0.25, 0.3) is 10.6 Å². The number of amides is 2. The number of ether oxygens (including phenoxy) is 1. The number of rotatable bonds is 8. The van der Waals surface area contributed by atoms with Crippen molar-refractivity contribution in [2.45, 2.75) is 25.9 Å². The number of anilines is 1. The topological polar surface area (TPSA) is 122 Å². The van der Waals surface area contributed by atoms with Gasteiger partial charge in [0.2, 0.25) is 5.91 Å². The highest BCUT2D eigenvalue weighted by Crippen LogP contribution is 2.31. The number of nitrogens with zero attached hydrogens (tertiary/aromatic N) is 3. The Morgan fingerprint density at radius 1 is 1.48 bits per heavy atom. The van der Waals surface area contributed by atoms with Gasteiger partial charge >= 0.3 is 6.09 Å². The quantitative estimate of drug-likeness (QED) is 0.599. The maximum absolute atomic E-state index is 14.7. The molecule has 1 fully saturated rings. The number of nitrogens with one attached hydrogen (secondary N) is 1. The zero-order valence-electron chi connectivity index (χ0n) is 15.5. The molecule has 2 amide bonds. The number of halogens is 1. The summed E-state index contributed by atoms with van der Waals surface area (Å²) < 4.78 is 39.3. The van der Waals surface area contributed by atoms with Crippen LogP contribution in [0.1, 0.15) is 18.4 Å². The lowest BCUT2D eigenvalue weighted by Crippen LogP contribution is -2.33. The molecule has 0 spiro atoms. The fourth-order valence-electron chi connectivity index (χ4n) is 2.75. The van der Waals surface area contributed by atoms with E-state index in [0.717, 1.165) is 0 Å². The van der Waals surface area contributed by atoms with Crippen LogP contribution in [0.2, 0.25) is 0 Å². The molecule has 2 aromatic rings. The van der Waals surface area contributed by atoms with Crippen molar-refractivity contribution >= 4 is 40.1 Å². The van der Waals surface area contributed by atoms with E-state index >= 15 is 0 Å². The van der Waals surface area contributed by atoms with E-state index in [1.807, 2.05) is 0 Å². The first-order valence-electron chi connectivity index (χ1n) is 8.76. The van der Waals surface area contributed by atoms with Gasteiger partial charge in [0.1, 0.15) is 16.9 Å². The Morgan fingerprint density at radius 2 is 2.28 bits per heavy atom. The highest BCUT2D eigenvalue weighted by molar-refractivity contribution is 7.79. The molecule has 3 rings (SSSR count). The summed E-state index contributed by atoms with van der Waals surface area (Å²) in [6.45, 7) is 1.76. The average Bonchev–Trinajstić information content (AvgIpc) is 3.26. The summed E-state index contributed by atoms with van der Waals surface area (Å²) in [6.07, 6.45) is -0.144. The van der Waals surface area contributed by atoms with E-state index in [9.17, 15) is 18.2 Å². The lowest BCUT2D eigenvalue weighted by atomic mass is 10.2. The van der Waals surface area contributed by atoms with Crippen LogP contribution in [-0.4, -0.2) is 55.9 Å². The molecule has 1 aromatic carbocycles. The molecule has 1 aliphatic rings. The zero-order chi connectivity index (χ0) is 21.0. The van der Waals surface area contributed by atoms with Crippen molar-refractivity contribution in [2.75, 3.05) is 23.7 Å². The molecule has 2 unspecified atom stereocenters. The highest BCUT2D eigenvalue weighted by Gasteiger charge is 2.32. The lowest BCUT2D eigenvalue weighted by molar-refractivity contribution is -0.119. The van der Waals surface area contributed by atoms with E-state index in [1.54, 1.807) is 6.07 Å². The Bertz CT molecular complexity index is 938. The van der Waals surface area contributed by atoms with Gasteiger partial charge < -0.3 is 14.6 Å². The number of aromatic nitrogens is 2. The first kappa shape index (κ1) is 21.3. The largest absolute Gasteiger partial charge is 0.442 e. The van der Waals surface area contributed by atoms with E-state index in [1.165, 1.54) is 35.3 Å². The molecular weight excluding hydrogens is 423 g/mol. The summed E-state index contributed by atoms with van der Waals surface area (Å²) in [4.78, 5) is 24.4. The molecule has 2 N–H and O–H groups in total. The second kappa shape index (κ2) is 9.37. The van der Waals surface area contributed by atoms with Crippen molar-refractivity contribution in [3.63, 3.8) is 0 Å². The minimum absolute atomic E-state index is 0.146. The number of carbonyl (C=O) groups excluding carboxylic acids is 2. The fourth-order valence-corrected chi connectivity index (χ4v) is 4.05. The third kappa shape index (κ3) is 5.55. The van der Waals surface area contributed by atoms with Crippen molar-refractivity contribution in [1.82, 2.24) is 15.5 Å². The first-order valence-corrected chi connectivity index (χ1v) is 10.8. The summed E-state index contributed by atoms with van der Waals surface area (Å²) in [5, 5.41) is 11.6. The fraction of sp³-hybridized carbons (Fsp3) is 0.412. The van der Waals surface area contributed by atoms with E-state index in [4.69, 9.17) is 9.29 Å². The van der Waals surface area contributed by atoms with E-state index in [0.29, 0.717) is 28.5 Å². The van der Waals surface area contributed by atoms with Crippen LogP contribution in [0.3, 0.4) is 0 Å². The Labute approximate surface area is 172 Å². The number of aryl methyl sites for hydroxylation is 1. The summed E-state index contributed by atoms with van der Waals surface area (Å²) in [6, 6.07) is 4.34. The van der Waals surface area contributed by atoms with Gasteiger partial charge in [-0.25, -0.2) is 13.4 Å². The molecule has 9 nitrogen and oxygen atoms in total. The van der Waals surface area contributed by atoms with Gasteiger partial charge in [-0.3, -0.25) is 9.69 Å². The molecule has 0 aliphatic carbocycles. The molecule has 0 saturated carbocycles. The Morgan fingerprint density at radius 3 is 2.97 bits per heavy atom. The number of carbonyl (C=O) groups is 2. The minimum atomic E-state index is -1.85. The molecule has 0 bridgehead atoms. The van der Waals surface area contributed by atoms with Crippen LogP contribution in [0, 0.1) is 5.82 Å². The number of hydrogen-bond donors (Lipinski definition) is 2. The molecule has 29 heavy (non-hydrogen) atoms. The summed E-state index contributed by atoms with van der Waals surface area (Å²) in [5.74, 6) is -0.636. The van der Waals surface area contributed by atoms with Crippen LogP contribution in [-0.2, 0) is 27.0 Å². The minimum Gasteiger partial charge on any atom is -0.442 e. The standard InChI is InChI=1S/C17H19FN4O5S2/c1-10(23)19-8-12-9-22(17(24)27-12)11-4-5-13(14(18)7-11)16-21-20-15(28-16)3-2-6-29(25)26/h4-5,7,12H,2-3,6,8-9H2,1H3,(H,19,23)(H,25,26). The average molecular weight is 442 g/mol. The molecule has 12 heteroatoms. The van der Waals surface area contributed by atoms with Gasteiger partial charge in [0.05, 0.1) is 18.8 Å². The van der Waals surface area contributed by atoms with Gasteiger partial charge in [-0.15, -0.1) is 10.2 Å². The predicted molar refractivity (Wildman–Crippen MR) is 106 cm³/mol. The molecule has 2 atom stereocenters. The highest BCUT2D eigenvalue weighted by atomic mass is 32.2. The van der Waals surface area contributed by atoms with Crippen molar-refractivity contribution in [3.8, 4) is 10.6 Å². The zero-order valence-corrected chi connectivity index (χ0v) is 17.1. The van der Waals surface area contributed by atoms with Crippen LogP contribution >= 0.6 is 11.3 Å². The molecule has 1 aromatic heterocycles. The SMILES string of the molecule is CC(=O)NCC1CN(c2ccc(-c3nnc(CCCS(=O)O)s3)c(F)c2)C(=O)O1. The number of cyclic esters (lactones) is 1. The third-order valence-corrected chi connectivity index (χ3v) is 5.78. The van der Waals surface area contributed by atoms with Crippen LogP contribution in [0.15, 0.2) is 18.2 Å². The van der Waals surface area contributed by atoms with Crippen molar-refractivity contribution in [3.05, 3.63) is 29.0 Å². The van der Waals surface area contributed by atoms with E-state index in [2.05, 4.69) is 15.5 Å². The lowest BCUT2D eigenvalue weighted by Gasteiger charge is -2.14. The Balaban J connectivity index is 1.67. The number of hydrogen-bond acceptors (Lipinski definition) is 7. The third-order valence-electron chi connectivity index (χ3n) is 4.12. The summed E-state index contributed by atoms with van der Waals surface area (Å²) in [5.41, 5.74) is 0.599. The predicted octanol–water partition coefficient (Wildman–Crippen LogP) is 1.96. The summed E-state index contributed by atoms with van der Waals surface area (Å²) in [7, 11) is 0. The smallest absolute Gasteiger partial charge is 0.414 e. The number of benzene rings is 1. The molecule has 1 aliphatic heterocycles.